The van der Waals surface area contributed by atoms with E-state index in [1.165, 1.54) is 5.56 Å². The van der Waals surface area contributed by atoms with Crippen molar-refractivity contribution in [2.24, 2.45) is 0 Å². The molecule has 0 spiro atoms. The SMILES string of the molecule is COc1cccc(CCCNC(=O)[C@@H](C)Oc2ccccc2C)c1. The lowest BCUT2D eigenvalue weighted by Crippen LogP contribution is -2.37. The van der Waals surface area contributed by atoms with Gasteiger partial charge in [0.05, 0.1) is 7.11 Å². The Morgan fingerprint density at radius 3 is 2.71 bits per heavy atom. The van der Waals surface area contributed by atoms with Gasteiger partial charge in [-0.05, 0) is 56.0 Å². The van der Waals surface area contributed by atoms with Gasteiger partial charge in [0, 0.05) is 6.54 Å². The van der Waals surface area contributed by atoms with E-state index < -0.39 is 6.10 Å². The molecule has 0 aliphatic rings. The van der Waals surface area contributed by atoms with E-state index >= 15 is 0 Å². The molecule has 0 saturated carbocycles. The molecule has 0 fully saturated rings. The van der Waals surface area contributed by atoms with Gasteiger partial charge < -0.3 is 14.8 Å². The zero-order valence-corrected chi connectivity index (χ0v) is 14.5. The zero-order valence-electron chi connectivity index (χ0n) is 14.5. The molecule has 0 unspecified atom stereocenters. The lowest BCUT2D eigenvalue weighted by molar-refractivity contribution is -0.127. The van der Waals surface area contributed by atoms with Crippen LogP contribution >= 0.6 is 0 Å². The summed E-state index contributed by atoms with van der Waals surface area (Å²) in [6, 6.07) is 15.7. The first-order chi connectivity index (χ1) is 11.6. The maximum atomic E-state index is 12.1. The molecule has 0 aliphatic carbocycles. The molecule has 0 saturated heterocycles. The standard InChI is InChI=1S/C20H25NO3/c1-15-8-4-5-12-19(15)24-16(2)20(22)21-13-7-10-17-9-6-11-18(14-17)23-3/h4-6,8-9,11-12,14,16H,7,10,13H2,1-3H3,(H,21,22)/t16-/m1/s1. The first kappa shape index (κ1) is 17.9. The fourth-order valence-electron chi connectivity index (χ4n) is 2.41. The number of amides is 1. The van der Waals surface area contributed by atoms with Crippen LogP contribution in [0.3, 0.4) is 0 Å². The van der Waals surface area contributed by atoms with Crippen LogP contribution in [0.5, 0.6) is 11.5 Å². The minimum absolute atomic E-state index is 0.0936. The number of rotatable bonds is 8. The molecular formula is C20H25NO3. The minimum atomic E-state index is -0.511. The summed E-state index contributed by atoms with van der Waals surface area (Å²) in [5, 5.41) is 2.93. The van der Waals surface area contributed by atoms with Crippen LogP contribution in [0.25, 0.3) is 0 Å². The molecule has 2 rings (SSSR count). The Hall–Kier alpha value is -2.49. The summed E-state index contributed by atoms with van der Waals surface area (Å²) in [5.41, 5.74) is 2.22. The zero-order chi connectivity index (χ0) is 17.4. The third-order valence-corrected chi connectivity index (χ3v) is 3.84. The van der Waals surface area contributed by atoms with Crippen molar-refractivity contribution in [3.05, 3.63) is 59.7 Å². The quantitative estimate of drug-likeness (QED) is 0.755. The Morgan fingerprint density at radius 1 is 1.17 bits per heavy atom. The molecule has 0 aliphatic heterocycles. The number of hydrogen-bond donors (Lipinski definition) is 1. The third kappa shape index (κ3) is 5.30. The highest BCUT2D eigenvalue weighted by atomic mass is 16.5. The van der Waals surface area contributed by atoms with Gasteiger partial charge in [0.2, 0.25) is 0 Å². The van der Waals surface area contributed by atoms with Crippen LogP contribution in [0.1, 0.15) is 24.5 Å². The monoisotopic (exact) mass is 327 g/mol. The predicted molar refractivity (Wildman–Crippen MR) is 95.6 cm³/mol. The van der Waals surface area contributed by atoms with Gasteiger partial charge in [0.25, 0.3) is 5.91 Å². The molecule has 2 aromatic rings. The van der Waals surface area contributed by atoms with Gasteiger partial charge in [-0.25, -0.2) is 0 Å². The highest BCUT2D eigenvalue weighted by Crippen LogP contribution is 2.18. The van der Waals surface area contributed by atoms with Gasteiger partial charge in [0.1, 0.15) is 11.5 Å². The van der Waals surface area contributed by atoms with Crippen LogP contribution in [0.2, 0.25) is 0 Å². The largest absolute Gasteiger partial charge is 0.497 e. The van der Waals surface area contributed by atoms with Crippen LogP contribution < -0.4 is 14.8 Å². The van der Waals surface area contributed by atoms with Gasteiger partial charge in [0.15, 0.2) is 6.10 Å². The lowest BCUT2D eigenvalue weighted by Gasteiger charge is -2.16. The number of carbonyl (C=O) groups excluding carboxylic acids is 1. The maximum absolute atomic E-state index is 12.1. The Balaban J connectivity index is 1.73. The smallest absolute Gasteiger partial charge is 0.260 e. The molecule has 1 N–H and O–H groups in total. The van der Waals surface area contributed by atoms with E-state index in [9.17, 15) is 4.79 Å². The van der Waals surface area contributed by atoms with Crippen LogP contribution in [-0.4, -0.2) is 25.7 Å². The molecule has 1 amide bonds. The maximum Gasteiger partial charge on any atom is 0.260 e. The normalized spacial score (nSPS) is 11.6. The van der Waals surface area contributed by atoms with Gasteiger partial charge in [-0.3, -0.25) is 4.79 Å². The molecule has 24 heavy (non-hydrogen) atoms. The number of ether oxygens (including phenoxy) is 2. The summed E-state index contributed by atoms with van der Waals surface area (Å²) in [4.78, 5) is 12.1. The van der Waals surface area contributed by atoms with E-state index in [4.69, 9.17) is 9.47 Å². The fourth-order valence-corrected chi connectivity index (χ4v) is 2.41. The van der Waals surface area contributed by atoms with Crippen molar-refractivity contribution in [2.45, 2.75) is 32.8 Å². The van der Waals surface area contributed by atoms with E-state index in [-0.39, 0.29) is 5.91 Å². The van der Waals surface area contributed by atoms with Crippen LogP contribution in [0.4, 0.5) is 0 Å². The Morgan fingerprint density at radius 2 is 1.96 bits per heavy atom. The molecule has 4 nitrogen and oxygen atoms in total. The Labute approximate surface area is 143 Å². The van der Waals surface area contributed by atoms with Gasteiger partial charge in [-0.2, -0.15) is 0 Å². The molecule has 0 aromatic heterocycles. The van der Waals surface area contributed by atoms with E-state index in [0.29, 0.717) is 6.54 Å². The summed E-state index contributed by atoms with van der Waals surface area (Å²) in [7, 11) is 1.66. The summed E-state index contributed by atoms with van der Waals surface area (Å²) < 4.78 is 10.9. The first-order valence-corrected chi connectivity index (χ1v) is 8.23. The van der Waals surface area contributed by atoms with Crippen molar-refractivity contribution in [3.8, 4) is 11.5 Å². The van der Waals surface area contributed by atoms with Crippen molar-refractivity contribution in [1.82, 2.24) is 5.32 Å². The van der Waals surface area contributed by atoms with Crippen molar-refractivity contribution in [2.75, 3.05) is 13.7 Å². The highest BCUT2D eigenvalue weighted by Gasteiger charge is 2.14. The molecule has 4 heteroatoms. The van der Waals surface area contributed by atoms with Crippen LogP contribution in [0.15, 0.2) is 48.5 Å². The molecule has 0 radical (unpaired) electrons. The average molecular weight is 327 g/mol. The molecule has 0 heterocycles. The van der Waals surface area contributed by atoms with Crippen molar-refractivity contribution in [1.29, 1.82) is 0 Å². The van der Waals surface area contributed by atoms with Gasteiger partial charge in [-0.1, -0.05) is 30.3 Å². The number of para-hydroxylation sites is 1. The number of hydrogen-bond acceptors (Lipinski definition) is 3. The van der Waals surface area contributed by atoms with E-state index in [1.54, 1.807) is 14.0 Å². The number of benzene rings is 2. The van der Waals surface area contributed by atoms with E-state index in [0.717, 1.165) is 29.9 Å². The summed E-state index contributed by atoms with van der Waals surface area (Å²) in [6.45, 7) is 4.36. The van der Waals surface area contributed by atoms with Crippen molar-refractivity contribution in [3.63, 3.8) is 0 Å². The molecular weight excluding hydrogens is 302 g/mol. The van der Waals surface area contributed by atoms with Gasteiger partial charge in [-0.15, -0.1) is 0 Å². The number of nitrogens with one attached hydrogen (secondary N) is 1. The topological polar surface area (TPSA) is 47.6 Å². The summed E-state index contributed by atoms with van der Waals surface area (Å²) in [5.74, 6) is 1.51. The second kappa shape index (κ2) is 8.96. The Bertz CT molecular complexity index is 669. The second-order valence-electron chi connectivity index (χ2n) is 5.77. The lowest BCUT2D eigenvalue weighted by atomic mass is 10.1. The predicted octanol–water partition coefficient (Wildman–Crippen LogP) is 3.52. The fraction of sp³-hybridized carbons (Fsp3) is 0.350. The summed E-state index contributed by atoms with van der Waals surface area (Å²) >= 11 is 0. The van der Waals surface area contributed by atoms with Crippen LogP contribution in [0, 0.1) is 6.92 Å². The average Bonchev–Trinajstić information content (AvgIpc) is 2.60. The van der Waals surface area contributed by atoms with E-state index in [1.807, 2.05) is 49.4 Å². The second-order valence-corrected chi connectivity index (χ2v) is 5.77. The molecule has 0 bridgehead atoms. The molecule has 1 atom stereocenters. The van der Waals surface area contributed by atoms with Crippen molar-refractivity contribution >= 4 is 5.91 Å². The summed E-state index contributed by atoms with van der Waals surface area (Å²) in [6.07, 6.45) is 1.25. The highest BCUT2D eigenvalue weighted by molar-refractivity contribution is 5.80. The number of methoxy groups -OCH3 is 1. The molecule has 128 valence electrons. The number of aryl methyl sites for hydroxylation is 2. The first-order valence-electron chi connectivity index (χ1n) is 8.23. The minimum Gasteiger partial charge on any atom is -0.497 e. The molecule has 2 aromatic carbocycles. The Kier molecular flexibility index (Phi) is 6.67. The third-order valence-electron chi connectivity index (χ3n) is 3.84. The van der Waals surface area contributed by atoms with Crippen LogP contribution in [-0.2, 0) is 11.2 Å². The number of carbonyl (C=O) groups is 1. The van der Waals surface area contributed by atoms with Gasteiger partial charge >= 0.3 is 0 Å². The van der Waals surface area contributed by atoms with Crippen molar-refractivity contribution < 1.29 is 14.3 Å². The van der Waals surface area contributed by atoms with E-state index in [2.05, 4.69) is 11.4 Å².